The monoisotopic (exact) mass is 308 g/mol. The molecule has 0 aliphatic carbocycles. The van der Waals surface area contributed by atoms with Crippen molar-refractivity contribution in [3.05, 3.63) is 24.3 Å². The number of likely N-dealkylation sites (tertiary alicyclic amines) is 1. The number of aliphatic hydroxyl groups is 1. The molecule has 0 spiro atoms. The largest absolute Gasteiger partial charge is 0.391 e. The molecule has 4 nitrogen and oxygen atoms in total. The zero-order chi connectivity index (χ0) is 13.9. The first-order valence-corrected chi connectivity index (χ1v) is 8.47. The van der Waals surface area contributed by atoms with Gasteiger partial charge in [-0.25, -0.2) is 4.98 Å². The molecule has 6 heteroatoms. The average molecular weight is 308 g/mol. The Balaban J connectivity index is 1.59. The summed E-state index contributed by atoms with van der Waals surface area (Å²) in [5.41, 5.74) is 0.987. The van der Waals surface area contributed by atoms with Crippen molar-refractivity contribution in [2.75, 3.05) is 18.8 Å². The fourth-order valence-corrected chi connectivity index (χ4v) is 4.28. The Morgan fingerprint density at radius 1 is 1.50 bits per heavy atom. The van der Waals surface area contributed by atoms with E-state index in [-0.39, 0.29) is 12.0 Å². The van der Waals surface area contributed by atoms with Crippen LogP contribution in [0.4, 0.5) is 0 Å². The quantitative estimate of drug-likeness (QED) is 0.885. The standard InChI is InChI=1S/C14H16N2O2S2/c17-10-4-3-7-16(8-10)13(18)9-19-14-15-11-5-1-2-6-12(11)20-14/h1-2,5-6,10,17H,3-4,7-9H2. The van der Waals surface area contributed by atoms with Crippen LogP contribution < -0.4 is 0 Å². The van der Waals surface area contributed by atoms with Crippen LogP contribution in [0.1, 0.15) is 12.8 Å². The lowest BCUT2D eigenvalue weighted by Gasteiger charge is -2.29. The number of carbonyl (C=O) groups is 1. The van der Waals surface area contributed by atoms with Crippen LogP contribution >= 0.6 is 23.1 Å². The van der Waals surface area contributed by atoms with Gasteiger partial charge < -0.3 is 10.0 Å². The zero-order valence-electron chi connectivity index (χ0n) is 11.0. The molecule has 0 radical (unpaired) electrons. The molecule has 1 saturated heterocycles. The number of benzene rings is 1. The second-order valence-electron chi connectivity index (χ2n) is 4.87. The number of amides is 1. The third-order valence-electron chi connectivity index (χ3n) is 3.34. The zero-order valence-corrected chi connectivity index (χ0v) is 12.6. The topological polar surface area (TPSA) is 53.4 Å². The fourth-order valence-electron chi connectivity index (χ4n) is 2.31. The molecule has 106 valence electrons. The van der Waals surface area contributed by atoms with Gasteiger partial charge in [0.2, 0.25) is 5.91 Å². The summed E-state index contributed by atoms with van der Waals surface area (Å²) in [6.07, 6.45) is 1.33. The molecule has 1 N–H and O–H groups in total. The second kappa shape index (κ2) is 6.11. The van der Waals surface area contributed by atoms with Crippen LogP contribution in [0.5, 0.6) is 0 Å². The van der Waals surface area contributed by atoms with E-state index in [4.69, 9.17) is 0 Å². The van der Waals surface area contributed by atoms with Crippen LogP contribution in [0.15, 0.2) is 28.6 Å². The number of hydrogen-bond donors (Lipinski definition) is 1. The fraction of sp³-hybridized carbons (Fsp3) is 0.429. The van der Waals surface area contributed by atoms with Gasteiger partial charge in [-0.15, -0.1) is 11.3 Å². The van der Waals surface area contributed by atoms with Crippen molar-refractivity contribution in [1.82, 2.24) is 9.88 Å². The van der Waals surface area contributed by atoms with E-state index in [1.54, 1.807) is 16.2 Å². The Labute approximate surface area is 125 Å². The molecular weight excluding hydrogens is 292 g/mol. The van der Waals surface area contributed by atoms with Crippen LogP contribution in [0.25, 0.3) is 10.2 Å². The van der Waals surface area contributed by atoms with Crippen LogP contribution in [0, 0.1) is 0 Å². The van der Waals surface area contributed by atoms with Gasteiger partial charge in [-0.05, 0) is 25.0 Å². The number of para-hydroxylation sites is 1. The number of fused-ring (bicyclic) bond motifs is 1. The molecule has 0 bridgehead atoms. The summed E-state index contributed by atoms with van der Waals surface area (Å²) in [4.78, 5) is 18.4. The Bertz CT molecular complexity index is 581. The number of carbonyl (C=O) groups excluding carboxylic acids is 1. The van der Waals surface area contributed by atoms with Crippen molar-refractivity contribution in [2.45, 2.75) is 23.3 Å². The maximum absolute atomic E-state index is 12.1. The highest BCUT2D eigenvalue weighted by Gasteiger charge is 2.22. The van der Waals surface area contributed by atoms with Crippen molar-refractivity contribution in [1.29, 1.82) is 0 Å². The average Bonchev–Trinajstić information content (AvgIpc) is 2.87. The first kappa shape index (κ1) is 13.9. The van der Waals surface area contributed by atoms with Gasteiger partial charge in [0.15, 0.2) is 4.34 Å². The first-order chi connectivity index (χ1) is 9.72. The minimum absolute atomic E-state index is 0.0907. The van der Waals surface area contributed by atoms with Crippen molar-refractivity contribution in [2.24, 2.45) is 0 Å². The Morgan fingerprint density at radius 2 is 2.35 bits per heavy atom. The van der Waals surface area contributed by atoms with Gasteiger partial charge in [-0.1, -0.05) is 23.9 Å². The smallest absolute Gasteiger partial charge is 0.233 e. The summed E-state index contributed by atoms with van der Waals surface area (Å²) < 4.78 is 2.08. The van der Waals surface area contributed by atoms with E-state index in [1.165, 1.54) is 11.8 Å². The molecule has 1 fully saturated rings. The Kier molecular flexibility index (Phi) is 4.24. The van der Waals surface area contributed by atoms with Gasteiger partial charge in [-0.2, -0.15) is 0 Å². The SMILES string of the molecule is O=C(CSc1nc2ccccc2s1)N1CCCC(O)C1. The number of piperidine rings is 1. The summed E-state index contributed by atoms with van der Waals surface area (Å²) in [5.74, 6) is 0.486. The van der Waals surface area contributed by atoms with Gasteiger partial charge in [0.05, 0.1) is 22.1 Å². The van der Waals surface area contributed by atoms with Gasteiger partial charge in [0.1, 0.15) is 0 Å². The highest BCUT2D eigenvalue weighted by atomic mass is 32.2. The number of aromatic nitrogens is 1. The second-order valence-corrected chi connectivity index (χ2v) is 7.13. The molecule has 3 rings (SSSR count). The molecule has 20 heavy (non-hydrogen) atoms. The molecule has 1 atom stereocenters. The first-order valence-electron chi connectivity index (χ1n) is 6.66. The summed E-state index contributed by atoms with van der Waals surface area (Å²) in [7, 11) is 0. The van der Waals surface area contributed by atoms with E-state index in [1.807, 2.05) is 24.3 Å². The molecule has 2 heterocycles. The summed E-state index contributed by atoms with van der Waals surface area (Å²) >= 11 is 3.10. The number of β-amino-alcohol motifs (C(OH)–C–C–N with tert-alkyl or cyclic N) is 1. The molecular formula is C14H16N2O2S2. The van der Waals surface area contributed by atoms with E-state index >= 15 is 0 Å². The van der Waals surface area contributed by atoms with Gasteiger partial charge >= 0.3 is 0 Å². The maximum atomic E-state index is 12.1. The lowest BCUT2D eigenvalue weighted by atomic mass is 10.1. The number of thiazole rings is 1. The molecule has 1 aliphatic rings. The Hall–Kier alpha value is -1.11. The lowest BCUT2D eigenvalue weighted by molar-refractivity contribution is -0.131. The maximum Gasteiger partial charge on any atom is 0.233 e. The van der Waals surface area contributed by atoms with E-state index in [0.29, 0.717) is 12.3 Å². The van der Waals surface area contributed by atoms with E-state index in [2.05, 4.69) is 4.98 Å². The minimum atomic E-state index is -0.361. The highest BCUT2D eigenvalue weighted by molar-refractivity contribution is 8.01. The Morgan fingerprint density at radius 3 is 3.15 bits per heavy atom. The molecule has 1 unspecified atom stereocenters. The molecule has 2 aromatic rings. The van der Waals surface area contributed by atoms with E-state index < -0.39 is 0 Å². The number of rotatable bonds is 3. The van der Waals surface area contributed by atoms with Crippen molar-refractivity contribution < 1.29 is 9.90 Å². The molecule has 1 aromatic heterocycles. The molecule has 1 aromatic carbocycles. The summed E-state index contributed by atoms with van der Waals surface area (Å²) in [6, 6.07) is 7.99. The van der Waals surface area contributed by atoms with Crippen LogP contribution in [-0.4, -0.2) is 45.8 Å². The lowest BCUT2D eigenvalue weighted by Crippen LogP contribution is -2.42. The van der Waals surface area contributed by atoms with Gasteiger partial charge in [0, 0.05) is 13.1 Å². The van der Waals surface area contributed by atoms with Crippen LogP contribution in [-0.2, 0) is 4.79 Å². The van der Waals surface area contributed by atoms with Gasteiger partial charge in [-0.3, -0.25) is 4.79 Å². The normalized spacial score (nSPS) is 19.4. The van der Waals surface area contributed by atoms with E-state index in [9.17, 15) is 9.90 Å². The third kappa shape index (κ3) is 3.13. The number of thioether (sulfide) groups is 1. The van der Waals surface area contributed by atoms with Crippen LogP contribution in [0.3, 0.4) is 0 Å². The van der Waals surface area contributed by atoms with Crippen molar-refractivity contribution in [3.63, 3.8) is 0 Å². The minimum Gasteiger partial charge on any atom is -0.391 e. The highest BCUT2D eigenvalue weighted by Crippen LogP contribution is 2.29. The van der Waals surface area contributed by atoms with Crippen LogP contribution in [0.2, 0.25) is 0 Å². The summed E-state index contributed by atoms with van der Waals surface area (Å²) in [6.45, 7) is 1.23. The molecule has 1 amide bonds. The molecule has 1 aliphatic heterocycles. The molecule has 0 saturated carbocycles. The van der Waals surface area contributed by atoms with Gasteiger partial charge in [0.25, 0.3) is 0 Å². The predicted octanol–water partition coefficient (Wildman–Crippen LogP) is 2.37. The van der Waals surface area contributed by atoms with E-state index in [0.717, 1.165) is 33.9 Å². The summed E-state index contributed by atoms with van der Waals surface area (Å²) in [5, 5.41) is 9.60. The van der Waals surface area contributed by atoms with Crippen molar-refractivity contribution >= 4 is 39.2 Å². The number of nitrogens with zero attached hydrogens (tertiary/aromatic N) is 2. The third-order valence-corrected chi connectivity index (χ3v) is 5.51. The number of aliphatic hydroxyl groups excluding tert-OH is 1. The number of hydrogen-bond acceptors (Lipinski definition) is 5. The predicted molar refractivity (Wildman–Crippen MR) is 82.2 cm³/mol. The van der Waals surface area contributed by atoms with Crippen molar-refractivity contribution in [3.8, 4) is 0 Å².